The second-order valence-electron chi connectivity index (χ2n) is 4.15. The van der Waals surface area contributed by atoms with E-state index in [4.69, 9.17) is 5.73 Å². The lowest BCUT2D eigenvalue weighted by atomic mass is 10.0. The molecule has 2 aromatic rings. The number of nitrogen functional groups attached to an aromatic ring is 1. The highest BCUT2D eigenvalue weighted by Gasteiger charge is 2.14. The summed E-state index contributed by atoms with van der Waals surface area (Å²) in [7, 11) is 1.88. The summed E-state index contributed by atoms with van der Waals surface area (Å²) < 4.78 is 2.86. The molecule has 1 heterocycles. The Morgan fingerprint density at radius 1 is 1.41 bits per heavy atom. The van der Waals surface area contributed by atoms with Crippen molar-refractivity contribution < 1.29 is 0 Å². The van der Waals surface area contributed by atoms with E-state index in [0.717, 1.165) is 33.5 Å². The number of aromatic nitrogens is 2. The third-order valence-corrected chi connectivity index (χ3v) is 3.87. The quantitative estimate of drug-likeness (QED) is 0.923. The number of halogens is 1. The van der Waals surface area contributed by atoms with Crippen LogP contribution in [0.2, 0.25) is 0 Å². The number of rotatable bonds is 2. The standard InChI is InChI=1S/C13H16BrN3/c1-4-10-12(16-17(3)13(10)15)9-5-6-11(14)8(2)7-9/h5-7H,4,15H2,1-3H3. The molecule has 1 aromatic heterocycles. The average molecular weight is 294 g/mol. The molecular weight excluding hydrogens is 278 g/mol. The molecule has 4 heteroatoms. The van der Waals surface area contributed by atoms with Crippen molar-refractivity contribution in [2.45, 2.75) is 20.3 Å². The second kappa shape index (κ2) is 4.53. The van der Waals surface area contributed by atoms with Gasteiger partial charge in [-0.2, -0.15) is 5.10 Å². The zero-order valence-corrected chi connectivity index (χ0v) is 11.9. The minimum absolute atomic E-state index is 0.753. The molecule has 0 saturated carbocycles. The molecule has 0 aliphatic heterocycles. The van der Waals surface area contributed by atoms with Crippen LogP contribution in [0.5, 0.6) is 0 Å². The van der Waals surface area contributed by atoms with Crippen LogP contribution in [0.15, 0.2) is 22.7 Å². The predicted molar refractivity (Wildman–Crippen MR) is 74.9 cm³/mol. The van der Waals surface area contributed by atoms with Gasteiger partial charge < -0.3 is 5.73 Å². The number of nitrogens with zero attached hydrogens (tertiary/aromatic N) is 2. The van der Waals surface area contributed by atoms with E-state index in [1.165, 1.54) is 5.56 Å². The first kappa shape index (κ1) is 12.2. The van der Waals surface area contributed by atoms with Gasteiger partial charge in [0.15, 0.2) is 0 Å². The Morgan fingerprint density at radius 3 is 2.71 bits per heavy atom. The summed E-state index contributed by atoms with van der Waals surface area (Å²) in [5, 5.41) is 4.50. The first-order valence-electron chi connectivity index (χ1n) is 5.62. The molecule has 0 fully saturated rings. The highest BCUT2D eigenvalue weighted by molar-refractivity contribution is 9.10. The molecule has 0 spiro atoms. The smallest absolute Gasteiger partial charge is 0.125 e. The molecule has 2 rings (SSSR count). The summed E-state index contributed by atoms with van der Waals surface area (Å²) in [6.07, 6.45) is 0.893. The van der Waals surface area contributed by atoms with Crippen molar-refractivity contribution in [1.29, 1.82) is 0 Å². The summed E-state index contributed by atoms with van der Waals surface area (Å²) in [5.74, 6) is 0.753. The largest absolute Gasteiger partial charge is 0.384 e. The molecule has 0 radical (unpaired) electrons. The Balaban J connectivity index is 2.60. The molecule has 0 aliphatic rings. The van der Waals surface area contributed by atoms with Gasteiger partial charge in [-0.25, -0.2) is 0 Å². The molecule has 0 amide bonds. The molecule has 3 nitrogen and oxygen atoms in total. The van der Waals surface area contributed by atoms with Crippen LogP contribution in [0.3, 0.4) is 0 Å². The summed E-state index contributed by atoms with van der Waals surface area (Å²) in [6.45, 7) is 4.17. The van der Waals surface area contributed by atoms with Crippen LogP contribution in [-0.2, 0) is 13.5 Å². The van der Waals surface area contributed by atoms with Crippen molar-refractivity contribution >= 4 is 21.7 Å². The first-order chi connectivity index (χ1) is 8.04. The highest BCUT2D eigenvalue weighted by Crippen LogP contribution is 2.29. The normalized spacial score (nSPS) is 10.8. The Morgan fingerprint density at radius 2 is 2.12 bits per heavy atom. The number of benzene rings is 1. The lowest BCUT2D eigenvalue weighted by Gasteiger charge is -2.03. The predicted octanol–water partition coefficient (Wildman–Crippen LogP) is 3.30. The zero-order chi connectivity index (χ0) is 12.6. The van der Waals surface area contributed by atoms with Crippen molar-refractivity contribution in [2.24, 2.45) is 7.05 Å². The van der Waals surface area contributed by atoms with Gasteiger partial charge in [-0.3, -0.25) is 4.68 Å². The Kier molecular flexibility index (Phi) is 3.24. The number of anilines is 1. The van der Waals surface area contributed by atoms with E-state index < -0.39 is 0 Å². The Hall–Kier alpha value is -1.29. The van der Waals surface area contributed by atoms with E-state index in [1.807, 2.05) is 7.05 Å². The fraction of sp³-hybridized carbons (Fsp3) is 0.308. The molecule has 2 N–H and O–H groups in total. The number of aryl methyl sites for hydroxylation is 2. The van der Waals surface area contributed by atoms with Crippen LogP contribution in [0, 0.1) is 6.92 Å². The van der Waals surface area contributed by atoms with Crippen LogP contribution in [0.4, 0.5) is 5.82 Å². The topological polar surface area (TPSA) is 43.8 Å². The van der Waals surface area contributed by atoms with Gasteiger partial charge in [0, 0.05) is 22.6 Å². The molecule has 0 atom stereocenters. The second-order valence-corrected chi connectivity index (χ2v) is 5.01. The molecule has 1 aromatic carbocycles. The number of hydrogen-bond acceptors (Lipinski definition) is 2. The van der Waals surface area contributed by atoms with Gasteiger partial charge in [0.1, 0.15) is 5.82 Å². The highest BCUT2D eigenvalue weighted by atomic mass is 79.9. The first-order valence-corrected chi connectivity index (χ1v) is 6.41. The maximum atomic E-state index is 6.01. The average Bonchev–Trinajstić information content (AvgIpc) is 2.59. The van der Waals surface area contributed by atoms with Crippen molar-refractivity contribution in [3.63, 3.8) is 0 Å². The van der Waals surface area contributed by atoms with E-state index in [-0.39, 0.29) is 0 Å². The number of nitrogens with two attached hydrogens (primary N) is 1. The van der Waals surface area contributed by atoms with E-state index in [1.54, 1.807) is 4.68 Å². The zero-order valence-electron chi connectivity index (χ0n) is 10.3. The van der Waals surface area contributed by atoms with Crippen molar-refractivity contribution in [1.82, 2.24) is 9.78 Å². The summed E-state index contributed by atoms with van der Waals surface area (Å²) in [5.41, 5.74) is 10.4. The Labute approximate surface area is 110 Å². The van der Waals surface area contributed by atoms with Crippen molar-refractivity contribution in [2.75, 3.05) is 5.73 Å². The third-order valence-electron chi connectivity index (χ3n) is 2.98. The van der Waals surface area contributed by atoms with E-state index in [0.29, 0.717) is 0 Å². The van der Waals surface area contributed by atoms with Crippen molar-refractivity contribution in [3.8, 4) is 11.3 Å². The molecule has 0 bridgehead atoms. The van der Waals surface area contributed by atoms with Gasteiger partial charge in [-0.05, 0) is 31.0 Å². The van der Waals surface area contributed by atoms with Gasteiger partial charge in [0.25, 0.3) is 0 Å². The molecule has 0 aliphatic carbocycles. The van der Waals surface area contributed by atoms with Gasteiger partial charge in [0.2, 0.25) is 0 Å². The molecule has 17 heavy (non-hydrogen) atoms. The summed E-state index contributed by atoms with van der Waals surface area (Å²) in [6, 6.07) is 6.25. The van der Waals surface area contributed by atoms with Gasteiger partial charge in [-0.1, -0.05) is 28.9 Å². The fourth-order valence-corrected chi connectivity index (χ4v) is 2.20. The van der Waals surface area contributed by atoms with Crippen LogP contribution in [0.1, 0.15) is 18.1 Å². The van der Waals surface area contributed by atoms with Gasteiger partial charge in [-0.15, -0.1) is 0 Å². The van der Waals surface area contributed by atoms with Crippen LogP contribution in [0.25, 0.3) is 11.3 Å². The van der Waals surface area contributed by atoms with Gasteiger partial charge in [0.05, 0.1) is 5.69 Å². The van der Waals surface area contributed by atoms with E-state index in [2.05, 4.69) is 53.1 Å². The minimum Gasteiger partial charge on any atom is -0.384 e. The summed E-state index contributed by atoms with van der Waals surface area (Å²) >= 11 is 3.51. The van der Waals surface area contributed by atoms with Gasteiger partial charge >= 0.3 is 0 Å². The number of hydrogen-bond donors (Lipinski definition) is 1. The van der Waals surface area contributed by atoms with E-state index >= 15 is 0 Å². The third kappa shape index (κ3) is 2.09. The molecule has 90 valence electrons. The SMILES string of the molecule is CCc1c(-c2ccc(Br)c(C)c2)nn(C)c1N. The Bertz CT molecular complexity index is 558. The molecule has 0 saturated heterocycles. The van der Waals surface area contributed by atoms with Crippen LogP contribution in [-0.4, -0.2) is 9.78 Å². The lowest BCUT2D eigenvalue weighted by Crippen LogP contribution is -1.98. The fourth-order valence-electron chi connectivity index (χ4n) is 1.95. The van der Waals surface area contributed by atoms with Crippen LogP contribution >= 0.6 is 15.9 Å². The lowest BCUT2D eigenvalue weighted by molar-refractivity contribution is 0.781. The van der Waals surface area contributed by atoms with Crippen LogP contribution < -0.4 is 5.73 Å². The molecule has 0 unspecified atom stereocenters. The molecular formula is C13H16BrN3. The minimum atomic E-state index is 0.753. The summed E-state index contributed by atoms with van der Waals surface area (Å²) in [4.78, 5) is 0. The van der Waals surface area contributed by atoms with Crippen molar-refractivity contribution in [3.05, 3.63) is 33.8 Å². The maximum absolute atomic E-state index is 6.01. The maximum Gasteiger partial charge on any atom is 0.125 e. The van der Waals surface area contributed by atoms with E-state index in [9.17, 15) is 0 Å². The monoisotopic (exact) mass is 293 g/mol.